The highest BCUT2D eigenvalue weighted by Crippen LogP contribution is 2.01. The lowest BCUT2D eigenvalue weighted by molar-refractivity contribution is -0.117. The van der Waals surface area contributed by atoms with Gasteiger partial charge in [0.1, 0.15) is 11.5 Å². The van der Waals surface area contributed by atoms with Crippen molar-refractivity contribution in [2.75, 3.05) is 18.4 Å². The van der Waals surface area contributed by atoms with Crippen molar-refractivity contribution in [3.8, 4) is 0 Å². The number of nitrogens with two attached hydrogens (primary N) is 1. The maximum atomic E-state index is 11.6. The second-order valence-corrected chi connectivity index (χ2v) is 3.69. The van der Waals surface area contributed by atoms with Crippen LogP contribution in [-0.4, -0.2) is 34.9 Å². The summed E-state index contributed by atoms with van der Waals surface area (Å²) in [6.45, 7) is 3.05. The molecule has 7 nitrogen and oxygen atoms in total. The molecule has 0 saturated heterocycles. The van der Waals surface area contributed by atoms with Crippen LogP contribution in [0.4, 0.5) is 5.82 Å². The molecular weight excluding hydrogens is 234 g/mol. The molecule has 0 aromatic carbocycles. The van der Waals surface area contributed by atoms with Gasteiger partial charge in [0.2, 0.25) is 5.91 Å². The largest absolute Gasteiger partial charge is 0.370 e. The van der Waals surface area contributed by atoms with E-state index in [9.17, 15) is 9.59 Å². The number of hydrogen-bond acceptors (Lipinski definition) is 5. The molecule has 2 amide bonds. The minimum absolute atomic E-state index is 0.106. The van der Waals surface area contributed by atoms with Crippen LogP contribution >= 0.6 is 0 Å². The van der Waals surface area contributed by atoms with Gasteiger partial charge in [0.25, 0.3) is 5.91 Å². The summed E-state index contributed by atoms with van der Waals surface area (Å²) in [5.41, 5.74) is 5.17. The Morgan fingerprint density at radius 3 is 2.61 bits per heavy atom. The molecule has 18 heavy (non-hydrogen) atoms. The number of nitrogens with one attached hydrogen (secondary N) is 2. The molecule has 98 valence electrons. The van der Waals surface area contributed by atoms with E-state index in [1.165, 1.54) is 12.4 Å². The molecule has 0 aliphatic heterocycles. The summed E-state index contributed by atoms with van der Waals surface area (Å²) in [5, 5.41) is 5.58. The molecular formula is C11H17N5O2. The van der Waals surface area contributed by atoms with Gasteiger partial charge in [-0.25, -0.2) is 9.97 Å². The summed E-state index contributed by atoms with van der Waals surface area (Å²) in [4.78, 5) is 30.1. The van der Waals surface area contributed by atoms with Crippen molar-refractivity contribution in [2.45, 2.75) is 19.8 Å². The van der Waals surface area contributed by atoms with Gasteiger partial charge in [-0.2, -0.15) is 0 Å². The second kappa shape index (κ2) is 7.21. The molecule has 1 heterocycles. The van der Waals surface area contributed by atoms with E-state index in [2.05, 4.69) is 20.6 Å². The fourth-order valence-electron chi connectivity index (χ4n) is 1.18. The second-order valence-electron chi connectivity index (χ2n) is 3.69. The van der Waals surface area contributed by atoms with E-state index < -0.39 is 5.91 Å². The molecule has 0 fully saturated rings. The van der Waals surface area contributed by atoms with Crippen molar-refractivity contribution >= 4 is 17.6 Å². The predicted molar refractivity (Wildman–Crippen MR) is 67.0 cm³/mol. The number of aromatic nitrogens is 2. The lowest BCUT2D eigenvalue weighted by Crippen LogP contribution is -2.28. The van der Waals surface area contributed by atoms with Gasteiger partial charge < -0.3 is 16.4 Å². The lowest BCUT2D eigenvalue weighted by Gasteiger charge is -2.05. The van der Waals surface area contributed by atoms with E-state index >= 15 is 0 Å². The van der Waals surface area contributed by atoms with Crippen LogP contribution in [0.1, 0.15) is 30.3 Å². The van der Waals surface area contributed by atoms with Crippen molar-refractivity contribution in [1.82, 2.24) is 15.3 Å². The van der Waals surface area contributed by atoms with Gasteiger partial charge in [0.05, 0.1) is 12.4 Å². The molecule has 0 aliphatic carbocycles. The van der Waals surface area contributed by atoms with Gasteiger partial charge in [0, 0.05) is 19.5 Å². The fourth-order valence-corrected chi connectivity index (χ4v) is 1.18. The summed E-state index contributed by atoms with van der Waals surface area (Å²) in [7, 11) is 0. The van der Waals surface area contributed by atoms with Gasteiger partial charge in [0.15, 0.2) is 0 Å². The third-order valence-electron chi connectivity index (χ3n) is 2.10. The predicted octanol–water partition coefficient (Wildman–Crippen LogP) is -0.0963. The summed E-state index contributed by atoms with van der Waals surface area (Å²) in [6.07, 6.45) is 3.97. The maximum Gasteiger partial charge on any atom is 0.271 e. The number of rotatable bonds is 7. The highest BCUT2D eigenvalue weighted by atomic mass is 16.2. The zero-order valence-electron chi connectivity index (χ0n) is 10.3. The van der Waals surface area contributed by atoms with Gasteiger partial charge in [-0.1, -0.05) is 6.92 Å². The van der Waals surface area contributed by atoms with Crippen LogP contribution < -0.4 is 16.4 Å². The quantitative estimate of drug-likeness (QED) is 0.627. The Morgan fingerprint density at radius 1 is 1.28 bits per heavy atom. The fraction of sp³-hybridized carbons (Fsp3) is 0.455. The molecule has 0 radical (unpaired) electrons. The highest BCUT2D eigenvalue weighted by molar-refractivity contribution is 5.92. The third kappa shape index (κ3) is 4.77. The number of primary amides is 1. The normalized spacial score (nSPS) is 9.83. The Kier molecular flexibility index (Phi) is 5.56. The third-order valence-corrected chi connectivity index (χ3v) is 2.10. The Bertz CT molecular complexity index is 404. The zero-order chi connectivity index (χ0) is 13.4. The molecule has 0 unspecified atom stereocenters. The topological polar surface area (TPSA) is 110 Å². The van der Waals surface area contributed by atoms with E-state index in [1.807, 2.05) is 6.92 Å². The summed E-state index contributed by atoms with van der Waals surface area (Å²) >= 11 is 0. The standard InChI is InChI=1S/C11H17N5O2/c1-2-4-13-10-7-15-8(6-16-10)11(18)14-5-3-9(12)17/h6-7H,2-5H2,1H3,(H2,12,17)(H,13,16)(H,14,18). The van der Waals surface area contributed by atoms with Crippen molar-refractivity contribution < 1.29 is 9.59 Å². The van der Waals surface area contributed by atoms with Crippen LogP contribution in [0.15, 0.2) is 12.4 Å². The lowest BCUT2D eigenvalue weighted by atomic mass is 10.3. The minimum atomic E-state index is -0.458. The SMILES string of the molecule is CCCNc1cnc(C(=O)NCCC(N)=O)cn1. The zero-order valence-corrected chi connectivity index (χ0v) is 10.3. The molecule has 0 spiro atoms. The van der Waals surface area contributed by atoms with E-state index in [0.29, 0.717) is 5.82 Å². The average Bonchev–Trinajstić information content (AvgIpc) is 2.36. The Hall–Kier alpha value is -2.18. The molecule has 0 aliphatic rings. The maximum absolute atomic E-state index is 11.6. The molecule has 0 saturated carbocycles. The molecule has 1 aromatic rings. The Labute approximate surface area is 105 Å². The smallest absolute Gasteiger partial charge is 0.271 e. The van der Waals surface area contributed by atoms with E-state index in [-0.39, 0.29) is 24.6 Å². The van der Waals surface area contributed by atoms with Crippen molar-refractivity contribution in [3.63, 3.8) is 0 Å². The van der Waals surface area contributed by atoms with E-state index in [1.54, 1.807) is 0 Å². The highest BCUT2D eigenvalue weighted by Gasteiger charge is 2.07. The van der Waals surface area contributed by atoms with Crippen LogP contribution in [0.5, 0.6) is 0 Å². The van der Waals surface area contributed by atoms with Gasteiger partial charge in [-0.15, -0.1) is 0 Å². The summed E-state index contributed by atoms with van der Waals surface area (Å²) in [6, 6.07) is 0. The first kappa shape index (κ1) is 13.9. The first-order valence-electron chi connectivity index (χ1n) is 5.76. The number of amides is 2. The van der Waals surface area contributed by atoms with Crippen LogP contribution in [0, 0.1) is 0 Å². The number of anilines is 1. The van der Waals surface area contributed by atoms with Gasteiger partial charge in [-0.05, 0) is 6.42 Å². The molecule has 1 rings (SSSR count). The molecule has 1 aromatic heterocycles. The summed E-state index contributed by atoms with van der Waals surface area (Å²) < 4.78 is 0. The van der Waals surface area contributed by atoms with Crippen molar-refractivity contribution in [3.05, 3.63) is 18.1 Å². The first-order valence-corrected chi connectivity index (χ1v) is 5.76. The monoisotopic (exact) mass is 251 g/mol. The first-order chi connectivity index (χ1) is 8.63. The van der Waals surface area contributed by atoms with Crippen molar-refractivity contribution in [1.29, 1.82) is 0 Å². The molecule has 0 atom stereocenters. The van der Waals surface area contributed by atoms with Gasteiger partial charge in [-0.3, -0.25) is 9.59 Å². The van der Waals surface area contributed by atoms with Crippen LogP contribution in [0.3, 0.4) is 0 Å². The Morgan fingerprint density at radius 2 is 2.06 bits per heavy atom. The molecule has 4 N–H and O–H groups in total. The van der Waals surface area contributed by atoms with Crippen LogP contribution in [0.2, 0.25) is 0 Å². The van der Waals surface area contributed by atoms with Crippen LogP contribution in [-0.2, 0) is 4.79 Å². The number of nitrogens with zero attached hydrogens (tertiary/aromatic N) is 2. The number of carbonyl (C=O) groups excluding carboxylic acids is 2. The summed E-state index contributed by atoms with van der Waals surface area (Å²) in [5.74, 6) is -0.197. The number of carbonyl (C=O) groups is 2. The van der Waals surface area contributed by atoms with E-state index in [0.717, 1.165) is 13.0 Å². The van der Waals surface area contributed by atoms with E-state index in [4.69, 9.17) is 5.73 Å². The average molecular weight is 251 g/mol. The van der Waals surface area contributed by atoms with Crippen LogP contribution in [0.25, 0.3) is 0 Å². The number of hydrogen-bond donors (Lipinski definition) is 3. The molecule has 0 bridgehead atoms. The van der Waals surface area contributed by atoms with Gasteiger partial charge >= 0.3 is 0 Å². The molecule has 7 heteroatoms. The minimum Gasteiger partial charge on any atom is -0.370 e. The Balaban J connectivity index is 2.46. The van der Waals surface area contributed by atoms with Crippen molar-refractivity contribution in [2.24, 2.45) is 5.73 Å².